The minimum atomic E-state index is 0.0826. The molecular weight excluding hydrogens is 360 g/mol. The van der Waals surface area contributed by atoms with Crippen LogP contribution in [-0.4, -0.2) is 16.2 Å². The van der Waals surface area contributed by atoms with Crippen LogP contribution in [0.5, 0.6) is 0 Å². The Kier molecular flexibility index (Phi) is 3.60. The molecule has 29 heavy (non-hydrogen) atoms. The molecule has 1 aliphatic heterocycles. The molecule has 2 aliphatic rings. The average molecular weight is 380 g/mol. The van der Waals surface area contributed by atoms with Gasteiger partial charge in [-0.1, -0.05) is 42.5 Å². The fourth-order valence-electron chi connectivity index (χ4n) is 4.51. The summed E-state index contributed by atoms with van der Waals surface area (Å²) in [6.45, 7) is 0.686. The molecule has 4 nitrogen and oxygen atoms in total. The Hall–Kier alpha value is -3.40. The van der Waals surface area contributed by atoms with E-state index in [1.165, 1.54) is 0 Å². The molecular formula is C25H20N2O2. The number of hydrogen-bond donors (Lipinski definition) is 0. The zero-order valence-corrected chi connectivity index (χ0v) is 15.9. The van der Waals surface area contributed by atoms with Crippen molar-refractivity contribution >= 4 is 27.2 Å². The second-order valence-electron chi connectivity index (χ2n) is 7.90. The van der Waals surface area contributed by atoms with E-state index in [0.717, 1.165) is 51.3 Å². The van der Waals surface area contributed by atoms with Crippen LogP contribution in [0.25, 0.3) is 27.2 Å². The van der Waals surface area contributed by atoms with E-state index in [1.54, 1.807) is 6.26 Å². The highest BCUT2D eigenvalue weighted by Gasteiger charge is 2.41. The van der Waals surface area contributed by atoms with E-state index in [9.17, 15) is 4.79 Å². The van der Waals surface area contributed by atoms with Crippen molar-refractivity contribution in [3.8, 4) is 0 Å². The van der Waals surface area contributed by atoms with Crippen LogP contribution in [0.1, 0.15) is 36.1 Å². The summed E-state index contributed by atoms with van der Waals surface area (Å²) in [7, 11) is 0. The highest BCUT2D eigenvalue weighted by atomic mass is 16.5. The van der Waals surface area contributed by atoms with E-state index in [4.69, 9.17) is 9.72 Å². The van der Waals surface area contributed by atoms with Crippen molar-refractivity contribution in [1.29, 1.82) is 0 Å². The largest absolute Gasteiger partial charge is 0.501 e. The number of aromatic nitrogens is 2. The zero-order chi connectivity index (χ0) is 19.4. The minimum Gasteiger partial charge on any atom is -0.501 e. The minimum absolute atomic E-state index is 0.0826. The lowest BCUT2D eigenvalue weighted by molar-refractivity contribution is 0.281. The summed E-state index contributed by atoms with van der Waals surface area (Å²) in [4.78, 5) is 18.3. The molecule has 0 radical (unpaired) electrons. The molecule has 1 saturated carbocycles. The van der Waals surface area contributed by atoms with E-state index < -0.39 is 0 Å². The van der Waals surface area contributed by atoms with Gasteiger partial charge in [0.15, 0.2) is 0 Å². The molecule has 1 aliphatic carbocycles. The standard InChI is InChI=1S/C25H20N2O2/c28-25-24-17(5-3-6-19(24)18-11-13-29-15-18)10-12-27(25)23-14-20(23)22-9-8-16-4-1-2-7-21(16)26-22/h1-10,12,15,20,23H,11,13-14H2. The van der Waals surface area contributed by atoms with Crippen molar-refractivity contribution in [2.24, 2.45) is 0 Å². The predicted molar refractivity (Wildman–Crippen MR) is 115 cm³/mol. The van der Waals surface area contributed by atoms with Gasteiger partial charge in [0, 0.05) is 35.7 Å². The van der Waals surface area contributed by atoms with Crippen molar-refractivity contribution in [2.75, 3.05) is 6.61 Å². The number of fused-ring (bicyclic) bond motifs is 2. The van der Waals surface area contributed by atoms with Gasteiger partial charge in [0.05, 0.1) is 23.8 Å². The van der Waals surface area contributed by atoms with Crippen LogP contribution in [0.2, 0.25) is 0 Å². The highest BCUT2D eigenvalue weighted by molar-refractivity contribution is 5.93. The Morgan fingerprint density at radius 3 is 2.76 bits per heavy atom. The molecule has 2 atom stereocenters. The molecule has 2 aromatic carbocycles. The van der Waals surface area contributed by atoms with Gasteiger partial charge in [-0.3, -0.25) is 9.78 Å². The number of nitrogens with zero attached hydrogens (tertiary/aromatic N) is 2. The van der Waals surface area contributed by atoms with E-state index in [1.807, 2.05) is 47.2 Å². The van der Waals surface area contributed by atoms with Gasteiger partial charge < -0.3 is 9.30 Å². The normalized spacial score (nSPS) is 20.6. The Labute approximate surface area is 168 Å². The molecule has 2 aromatic heterocycles. The monoisotopic (exact) mass is 380 g/mol. The van der Waals surface area contributed by atoms with Crippen LogP contribution < -0.4 is 5.56 Å². The molecule has 6 rings (SSSR count). The molecule has 2 unspecified atom stereocenters. The Morgan fingerprint density at radius 1 is 0.966 bits per heavy atom. The van der Waals surface area contributed by atoms with Gasteiger partial charge in [0.25, 0.3) is 5.56 Å². The maximum Gasteiger partial charge on any atom is 0.259 e. The van der Waals surface area contributed by atoms with E-state index >= 15 is 0 Å². The van der Waals surface area contributed by atoms with Crippen molar-refractivity contribution in [3.05, 3.63) is 94.7 Å². The molecule has 142 valence electrons. The fourth-order valence-corrected chi connectivity index (χ4v) is 4.51. The van der Waals surface area contributed by atoms with Crippen molar-refractivity contribution < 1.29 is 4.74 Å². The summed E-state index contributed by atoms with van der Waals surface area (Å²) in [6.07, 6.45) is 5.54. The first-order valence-corrected chi connectivity index (χ1v) is 10.1. The first kappa shape index (κ1) is 16.5. The number of hydrogen-bond acceptors (Lipinski definition) is 3. The molecule has 0 saturated heterocycles. The number of ether oxygens (including phenoxy) is 1. The molecule has 0 N–H and O–H groups in total. The topological polar surface area (TPSA) is 44.1 Å². The quantitative estimate of drug-likeness (QED) is 0.500. The third kappa shape index (κ3) is 2.67. The van der Waals surface area contributed by atoms with E-state index in [-0.39, 0.29) is 17.5 Å². The summed E-state index contributed by atoms with van der Waals surface area (Å²) < 4.78 is 7.33. The van der Waals surface area contributed by atoms with Gasteiger partial charge in [0.1, 0.15) is 0 Å². The summed E-state index contributed by atoms with van der Waals surface area (Å²) >= 11 is 0. The second kappa shape index (κ2) is 6.31. The van der Waals surface area contributed by atoms with Gasteiger partial charge in [-0.05, 0) is 41.1 Å². The van der Waals surface area contributed by atoms with Crippen molar-refractivity contribution in [2.45, 2.75) is 24.8 Å². The van der Waals surface area contributed by atoms with Crippen LogP contribution in [0, 0.1) is 0 Å². The molecule has 0 amide bonds. The number of para-hydroxylation sites is 1. The van der Waals surface area contributed by atoms with Crippen LogP contribution in [0.3, 0.4) is 0 Å². The number of pyridine rings is 2. The zero-order valence-electron chi connectivity index (χ0n) is 15.9. The lowest BCUT2D eigenvalue weighted by atomic mass is 9.99. The van der Waals surface area contributed by atoms with E-state index in [2.05, 4.69) is 24.3 Å². The molecule has 4 heteroatoms. The first-order chi connectivity index (χ1) is 14.3. The van der Waals surface area contributed by atoms with Crippen LogP contribution in [-0.2, 0) is 4.74 Å². The number of benzene rings is 2. The average Bonchev–Trinajstić information content (AvgIpc) is 3.36. The molecule has 3 heterocycles. The van der Waals surface area contributed by atoms with Gasteiger partial charge in [-0.15, -0.1) is 0 Å². The lowest BCUT2D eigenvalue weighted by Gasteiger charge is -2.11. The maximum absolute atomic E-state index is 13.5. The Bertz CT molecular complexity index is 1350. The third-order valence-corrected chi connectivity index (χ3v) is 6.13. The van der Waals surface area contributed by atoms with Gasteiger partial charge in [-0.25, -0.2) is 0 Å². The third-order valence-electron chi connectivity index (χ3n) is 6.13. The van der Waals surface area contributed by atoms with Crippen LogP contribution >= 0.6 is 0 Å². The Balaban J connectivity index is 1.41. The van der Waals surface area contributed by atoms with Crippen molar-refractivity contribution in [1.82, 2.24) is 9.55 Å². The number of rotatable bonds is 3. The van der Waals surface area contributed by atoms with Crippen LogP contribution in [0.15, 0.2) is 77.9 Å². The summed E-state index contributed by atoms with van der Waals surface area (Å²) in [5.41, 5.74) is 4.27. The molecule has 0 bridgehead atoms. The van der Waals surface area contributed by atoms with Crippen LogP contribution in [0.4, 0.5) is 0 Å². The molecule has 0 spiro atoms. The maximum atomic E-state index is 13.5. The Morgan fingerprint density at radius 2 is 1.86 bits per heavy atom. The van der Waals surface area contributed by atoms with Gasteiger partial charge >= 0.3 is 0 Å². The SMILES string of the molecule is O=c1c2c(C3=COCC3)cccc2ccn1C1CC1c1ccc2ccccc2n1. The molecule has 1 fully saturated rings. The van der Waals surface area contributed by atoms with E-state index in [0.29, 0.717) is 6.61 Å². The second-order valence-corrected chi connectivity index (χ2v) is 7.90. The van der Waals surface area contributed by atoms with Crippen molar-refractivity contribution in [3.63, 3.8) is 0 Å². The van der Waals surface area contributed by atoms with Gasteiger partial charge in [0.2, 0.25) is 0 Å². The van der Waals surface area contributed by atoms with Gasteiger partial charge in [-0.2, -0.15) is 0 Å². The summed E-state index contributed by atoms with van der Waals surface area (Å²) in [6, 6.07) is 20.7. The first-order valence-electron chi connectivity index (χ1n) is 10.1. The lowest BCUT2D eigenvalue weighted by Crippen LogP contribution is -2.20. The highest BCUT2D eigenvalue weighted by Crippen LogP contribution is 2.50. The molecule has 4 aromatic rings. The summed E-state index contributed by atoms with van der Waals surface area (Å²) in [5.74, 6) is 0.288. The predicted octanol–water partition coefficient (Wildman–Crippen LogP) is 5.04. The summed E-state index contributed by atoms with van der Waals surface area (Å²) in [5, 5.41) is 2.93. The fraction of sp³-hybridized carbons (Fsp3) is 0.200. The smallest absolute Gasteiger partial charge is 0.259 e.